The van der Waals surface area contributed by atoms with E-state index in [2.05, 4.69) is 27.7 Å². The Labute approximate surface area is 230 Å². The molecule has 2 aromatic carbocycles. The summed E-state index contributed by atoms with van der Waals surface area (Å²) in [5, 5.41) is 18.1. The van der Waals surface area contributed by atoms with Crippen LogP contribution < -0.4 is 10.6 Å². The number of aromatic nitrogens is 1. The second-order valence-corrected chi connectivity index (χ2v) is 10.3. The molecule has 1 saturated heterocycles. The zero-order valence-electron chi connectivity index (χ0n) is 21.7. The number of carbonyl (C=O) groups is 2. The Morgan fingerprint density at radius 3 is 2.79 bits per heavy atom. The molecule has 0 spiro atoms. The molecule has 2 aliphatic rings. The van der Waals surface area contributed by atoms with Crippen LogP contribution in [0.25, 0.3) is 10.8 Å². The van der Waals surface area contributed by atoms with Crippen molar-refractivity contribution < 1.29 is 14.7 Å². The molecule has 3 heterocycles. The van der Waals surface area contributed by atoms with Gasteiger partial charge in [-0.15, -0.1) is 12.4 Å². The Hall–Kier alpha value is -3.16. The highest BCUT2D eigenvalue weighted by atomic mass is 35.5. The number of aliphatic carboxylic acids is 1. The van der Waals surface area contributed by atoms with E-state index in [9.17, 15) is 14.7 Å². The van der Waals surface area contributed by atoms with Crippen molar-refractivity contribution in [1.82, 2.24) is 15.2 Å². The number of rotatable bonds is 9. The molecule has 0 aliphatic carbocycles. The average molecular weight is 537 g/mol. The summed E-state index contributed by atoms with van der Waals surface area (Å²) in [6.45, 7) is 3.63. The normalized spacial score (nSPS) is 18.1. The molecule has 3 aromatic rings. The highest BCUT2D eigenvalue weighted by Crippen LogP contribution is 2.25. The first-order valence-electron chi connectivity index (χ1n) is 13.5. The fraction of sp³-hybridized carbons (Fsp3) is 0.433. The van der Waals surface area contributed by atoms with Crippen molar-refractivity contribution in [2.24, 2.45) is 5.92 Å². The average Bonchev–Trinajstić information content (AvgIpc) is 2.92. The monoisotopic (exact) mass is 536 g/mol. The largest absolute Gasteiger partial charge is 0.481 e. The molecule has 8 heteroatoms. The van der Waals surface area contributed by atoms with E-state index in [1.54, 1.807) is 0 Å². The summed E-state index contributed by atoms with van der Waals surface area (Å²) in [5.74, 6) is -0.0568. The number of nitrogens with one attached hydrogen (secondary N) is 2. The van der Waals surface area contributed by atoms with Crippen molar-refractivity contribution in [1.29, 1.82) is 0 Å². The summed E-state index contributed by atoms with van der Waals surface area (Å²) in [5.41, 5.74) is 3.25. The van der Waals surface area contributed by atoms with E-state index < -0.39 is 12.0 Å². The molecule has 0 radical (unpaired) electrons. The zero-order valence-corrected chi connectivity index (χ0v) is 22.5. The minimum Gasteiger partial charge on any atom is -0.481 e. The number of anilines is 1. The van der Waals surface area contributed by atoms with Crippen LogP contribution in [0.15, 0.2) is 54.6 Å². The second-order valence-electron chi connectivity index (χ2n) is 10.3. The maximum Gasteiger partial charge on any atom is 0.305 e. The van der Waals surface area contributed by atoms with Gasteiger partial charge in [0.2, 0.25) is 5.91 Å². The molecule has 0 saturated carbocycles. The van der Waals surface area contributed by atoms with Gasteiger partial charge in [0.1, 0.15) is 5.82 Å². The molecule has 1 fully saturated rings. The molecule has 0 unspecified atom stereocenters. The van der Waals surface area contributed by atoms with Crippen molar-refractivity contribution in [3.63, 3.8) is 0 Å². The number of fused-ring (bicyclic) bond motifs is 2. The van der Waals surface area contributed by atoms with Crippen molar-refractivity contribution in [2.75, 3.05) is 31.5 Å². The van der Waals surface area contributed by atoms with Crippen LogP contribution in [0.5, 0.6) is 0 Å². The van der Waals surface area contributed by atoms with Crippen LogP contribution in [0.4, 0.5) is 5.82 Å². The number of aryl methyl sites for hydroxylation is 2. The molecule has 2 atom stereocenters. The lowest BCUT2D eigenvalue weighted by Crippen LogP contribution is -2.44. The predicted octanol–water partition coefficient (Wildman–Crippen LogP) is 4.99. The molecule has 202 valence electrons. The van der Waals surface area contributed by atoms with Crippen LogP contribution in [0, 0.1) is 5.92 Å². The quantitative estimate of drug-likeness (QED) is 0.356. The third kappa shape index (κ3) is 7.03. The van der Waals surface area contributed by atoms with Gasteiger partial charge in [0.05, 0.1) is 18.4 Å². The lowest BCUT2D eigenvalue weighted by molar-refractivity contribution is -0.138. The summed E-state index contributed by atoms with van der Waals surface area (Å²) >= 11 is 0. The van der Waals surface area contributed by atoms with Gasteiger partial charge in [0.15, 0.2) is 0 Å². The SMILES string of the molecule is Cl.O=C(O)C[C@H](NC(=O)[C@@H]1CCCN(CCCc2ccc3c(n2)NCCC3)C1)c1ccc2ccccc2c1. The number of halogens is 1. The number of amides is 1. The Balaban J connectivity index is 0.00000336. The van der Waals surface area contributed by atoms with E-state index in [-0.39, 0.29) is 30.7 Å². The molecular formula is C30H37ClN4O3. The lowest BCUT2D eigenvalue weighted by atomic mass is 9.94. The van der Waals surface area contributed by atoms with Gasteiger partial charge in [-0.3, -0.25) is 9.59 Å². The second kappa shape index (κ2) is 13.1. The van der Waals surface area contributed by atoms with E-state index in [0.29, 0.717) is 6.54 Å². The fourth-order valence-corrected chi connectivity index (χ4v) is 5.61. The number of carboxylic acid groups (broad SMARTS) is 1. The molecule has 2 aliphatic heterocycles. The fourth-order valence-electron chi connectivity index (χ4n) is 5.61. The van der Waals surface area contributed by atoms with Crippen molar-refractivity contribution in [3.8, 4) is 0 Å². The van der Waals surface area contributed by atoms with Crippen molar-refractivity contribution in [3.05, 3.63) is 71.4 Å². The van der Waals surface area contributed by atoms with E-state index in [0.717, 1.165) is 86.0 Å². The van der Waals surface area contributed by atoms with Gasteiger partial charge in [-0.2, -0.15) is 0 Å². The maximum absolute atomic E-state index is 13.3. The Bertz CT molecular complexity index is 1270. The third-order valence-electron chi connectivity index (χ3n) is 7.61. The molecule has 1 amide bonds. The van der Waals surface area contributed by atoms with Gasteiger partial charge in [0, 0.05) is 18.8 Å². The Morgan fingerprint density at radius 1 is 1.11 bits per heavy atom. The number of carboxylic acids is 1. The van der Waals surface area contributed by atoms with E-state index >= 15 is 0 Å². The van der Waals surface area contributed by atoms with Crippen LogP contribution >= 0.6 is 12.4 Å². The van der Waals surface area contributed by atoms with Gasteiger partial charge in [-0.05, 0) is 85.6 Å². The van der Waals surface area contributed by atoms with Crippen LogP contribution in [-0.4, -0.2) is 53.0 Å². The standard InChI is InChI=1S/C30H36N4O3.ClH/c35-28(36)19-27(24-12-11-21-6-1-2-7-23(21)18-24)33-30(37)25-9-4-16-34(20-25)17-5-10-26-14-13-22-8-3-15-31-29(22)32-26;/h1-2,6-7,11-14,18,25,27H,3-5,8-10,15-17,19-20H2,(H,31,32)(H,33,37)(H,35,36);1H/t25-,27+;/m1./s1. The van der Waals surface area contributed by atoms with Crippen molar-refractivity contribution in [2.45, 2.75) is 51.0 Å². The first-order valence-corrected chi connectivity index (χ1v) is 13.5. The van der Waals surface area contributed by atoms with E-state index in [1.165, 1.54) is 5.56 Å². The predicted molar refractivity (Wildman–Crippen MR) is 153 cm³/mol. The molecular weight excluding hydrogens is 500 g/mol. The van der Waals surface area contributed by atoms with E-state index in [4.69, 9.17) is 4.98 Å². The first kappa shape index (κ1) is 27.9. The number of benzene rings is 2. The van der Waals surface area contributed by atoms with Gasteiger partial charge in [-0.1, -0.05) is 42.5 Å². The smallest absolute Gasteiger partial charge is 0.305 e. The molecule has 0 bridgehead atoms. The van der Waals surface area contributed by atoms with Gasteiger partial charge in [-0.25, -0.2) is 4.98 Å². The van der Waals surface area contributed by atoms with Gasteiger partial charge < -0.3 is 20.6 Å². The molecule has 5 rings (SSSR count). The van der Waals surface area contributed by atoms with Crippen molar-refractivity contribution >= 4 is 40.9 Å². The third-order valence-corrected chi connectivity index (χ3v) is 7.61. The minimum atomic E-state index is -0.922. The molecule has 38 heavy (non-hydrogen) atoms. The zero-order chi connectivity index (χ0) is 25.6. The minimum absolute atomic E-state index is 0. The Morgan fingerprint density at radius 2 is 1.95 bits per heavy atom. The number of hydrogen-bond donors (Lipinski definition) is 3. The number of likely N-dealkylation sites (tertiary alicyclic amines) is 1. The molecule has 1 aromatic heterocycles. The number of piperidine rings is 1. The first-order chi connectivity index (χ1) is 18.0. The number of carbonyl (C=O) groups excluding carboxylic acids is 1. The summed E-state index contributed by atoms with van der Waals surface area (Å²) in [6, 6.07) is 17.7. The lowest BCUT2D eigenvalue weighted by Gasteiger charge is -2.33. The van der Waals surface area contributed by atoms with E-state index in [1.807, 2.05) is 42.5 Å². The number of pyridine rings is 1. The van der Waals surface area contributed by atoms with Gasteiger partial charge in [0.25, 0.3) is 0 Å². The molecule has 7 nitrogen and oxygen atoms in total. The summed E-state index contributed by atoms with van der Waals surface area (Å²) in [6.07, 6.45) is 5.85. The number of hydrogen-bond acceptors (Lipinski definition) is 5. The highest BCUT2D eigenvalue weighted by molar-refractivity contribution is 5.85. The van der Waals surface area contributed by atoms with Crippen LogP contribution in [-0.2, 0) is 22.4 Å². The maximum atomic E-state index is 13.3. The Kier molecular flexibility index (Phi) is 9.58. The topological polar surface area (TPSA) is 94.6 Å². The number of nitrogens with zero attached hydrogens (tertiary/aromatic N) is 2. The highest BCUT2D eigenvalue weighted by Gasteiger charge is 2.28. The van der Waals surface area contributed by atoms with Crippen LogP contribution in [0.3, 0.4) is 0 Å². The van der Waals surface area contributed by atoms with Crippen LogP contribution in [0.1, 0.15) is 55.0 Å². The van der Waals surface area contributed by atoms with Gasteiger partial charge >= 0.3 is 5.97 Å². The van der Waals surface area contributed by atoms with Crippen LogP contribution in [0.2, 0.25) is 0 Å². The summed E-state index contributed by atoms with van der Waals surface area (Å²) < 4.78 is 0. The molecule has 3 N–H and O–H groups in total. The summed E-state index contributed by atoms with van der Waals surface area (Å²) in [4.78, 5) is 32.0. The summed E-state index contributed by atoms with van der Waals surface area (Å²) in [7, 11) is 0.